The van der Waals surface area contributed by atoms with Crippen molar-refractivity contribution in [2.45, 2.75) is 32.4 Å². The van der Waals surface area contributed by atoms with Crippen molar-refractivity contribution in [3.63, 3.8) is 0 Å². The molecule has 2 fully saturated rings. The zero-order valence-electron chi connectivity index (χ0n) is 11.6. The van der Waals surface area contributed by atoms with E-state index in [-0.39, 0.29) is 24.5 Å². The third-order valence-electron chi connectivity index (χ3n) is 3.98. The number of urea groups is 1. The molecule has 0 aliphatic carbocycles. The lowest BCUT2D eigenvalue weighted by molar-refractivity contribution is -0.127. The third kappa shape index (κ3) is 2.56. The first-order valence-corrected chi connectivity index (χ1v) is 7.01. The zero-order valence-corrected chi connectivity index (χ0v) is 11.6. The molecule has 0 atom stereocenters. The highest BCUT2D eigenvalue weighted by Crippen LogP contribution is 2.20. The molecule has 1 aromatic rings. The fourth-order valence-corrected chi connectivity index (χ4v) is 2.93. The summed E-state index contributed by atoms with van der Waals surface area (Å²) < 4.78 is 5.58. The molecule has 0 spiro atoms. The van der Waals surface area contributed by atoms with Crippen LogP contribution in [0.5, 0.6) is 0 Å². The summed E-state index contributed by atoms with van der Waals surface area (Å²) in [5.41, 5.74) is 0. The predicted molar refractivity (Wildman–Crippen MR) is 72.0 cm³/mol. The number of carbonyl (C=O) groups excluding carboxylic acids is 2. The lowest BCUT2D eigenvalue weighted by atomic mass is 10.0. The maximum atomic E-state index is 11.7. The fourth-order valence-electron chi connectivity index (χ4n) is 2.93. The van der Waals surface area contributed by atoms with Crippen molar-refractivity contribution in [2.24, 2.45) is 0 Å². The molecule has 3 heterocycles. The molecule has 2 aliphatic heterocycles. The average molecular weight is 277 g/mol. The number of piperidine rings is 1. The number of rotatable bonds is 3. The molecule has 1 N–H and O–H groups in total. The molecule has 3 amide bonds. The van der Waals surface area contributed by atoms with E-state index in [9.17, 15) is 9.59 Å². The topological polar surface area (TPSA) is 65.8 Å². The maximum Gasteiger partial charge on any atom is 0.324 e. The first kappa shape index (κ1) is 13.2. The van der Waals surface area contributed by atoms with E-state index in [1.165, 1.54) is 4.90 Å². The van der Waals surface area contributed by atoms with Gasteiger partial charge in [0.15, 0.2) is 0 Å². The summed E-state index contributed by atoms with van der Waals surface area (Å²) in [7, 11) is 0. The molecule has 0 aromatic carbocycles. The van der Waals surface area contributed by atoms with Crippen LogP contribution in [0.15, 0.2) is 16.5 Å². The summed E-state index contributed by atoms with van der Waals surface area (Å²) in [5, 5.41) is 2.58. The lowest BCUT2D eigenvalue weighted by Crippen LogP contribution is -2.47. The second-order valence-electron chi connectivity index (χ2n) is 5.44. The van der Waals surface area contributed by atoms with Crippen molar-refractivity contribution in [1.29, 1.82) is 0 Å². The van der Waals surface area contributed by atoms with Gasteiger partial charge in [0, 0.05) is 19.1 Å². The Balaban J connectivity index is 1.54. The van der Waals surface area contributed by atoms with Gasteiger partial charge in [0.2, 0.25) is 5.91 Å². The number of amides is 3. The minimum atomic E-state index is -0.241. The molecule has 0 saturated carbocycles. The largest absolute Gasteiger partial charge is 0.465 e. The Labute approximate surface area is 117 Å². The number of carbonyl (C=O) groups is 2. The van der Waals surface area contributed by atoms with E-state index in [1.54, 1.807) is 0 Å². The number of hydrogen-bond acceptors (Lipinski definition) is 4. The van der Waals surface area contributed by atoms with Crippen molar-refractivity contribution in [1.82, 2.24) is 15.1 Å². The molecule has 3 rings (SSSR count). The van der Waals surface area contributed by atoms with Gasteiger partial charge in [-0.2, -0.15) is 0 Å². The number of aryl methyl sites for hydroxylation is 1. The van der Waals surface area contributed by atoms with Crippen LogP contribution in [-0.2, 0) is 11.3 Å². The molecule has 1 aromatic heterocycles. The Morgan fingerprint density at radius 1 is 1.30 bits per heavy atom. The highest BCUT2D eigenvalue weighted by molar-refractivity contribution is 6.02. The highest BCUT2D eigenvalue weighted by atomic mass is 16.3. The van der Waals surface area contributed by atoms with Crippen LogP contribution in [0.2, 0.25) is 0 Å². The second kappa shape index (κ2) is 5.28. The first-order valence-electron chi connectivity index (χ1n) is 7.01. The Bertz CT molecular complexity index is 501. The summed E-state index contributed by atoms with van der Waals surface area (Å²) in [4.78, 5) is 27.0. The van der Waals surface area contributed by atoms with Crippen molar-refractivity contribution >= 4 is 11.9 Å². The Hall–Kier alpha value is -1.82. The van der Waals surface area contributed by atoms with Crippen LogP contribution in [0.1, 0.15) is 24.4 Å². The van der Waals surface area contributed by atoms with Crippen LogP contribution in [0.4, 0.5) is 4.79 Å². The molecule has 0 bridgehead atoms. The van der Waals surface area contributed by atoms with E-state index in [0.717, 1.165) is 44.0 Å². The van der Waals surface area contributed by atoms with Crippen molar-refractivity contribution in [3.8, 4) is 0 Å². The molecule has 2 saturated heterocycles. The monoisotopic (exact) mass is 277 g/mol. The number of nitrogens with zero attached hydrogens (tertiary/aromatic N) is 2. The molecule has 108 valence electrons. The van der Waals surface area contributed by atoms with Gasteiger partial charge in [-0.1, -0.05) is 0 Å². The summed E-state index contributed by atoms with van der Waals surface area (Å²) in [6.07, 6.45) is 1.66. The normalized spacial score (nSPS) is 21.6. The second-order valence-corrected chi connectivity index (χ2v) is 5.44. The smallest absolute Gasteiger partial charge is 0.324 e. The van der Waals surface area contributed by atoms with Crippen molar-refractivity contribution in [2.75, 3.05) is 19.6 Å². The molecular formula is C14H19N3O3. The molecule has 0 radical (unpaired) electrons. The minimum Gasteiger partial charge on any atom is -0.465 e. The van der Waals surface area contributed by atoms with Gasteiger partial charge in [0.05, 0.1) is 13.1 Å². The van der Waals surface area contributed by atoms with Gasteiger partial charge in [-0.3, -0.25) is 14.6 Å². The highest BCUT2D eigenvalue weighted by Gasteiger charge is 2.36. The van der Waals surface area contributed by atoms with Crippen molar-refractivity contribution < 1.29 is 14.0 Å². The van der Waals surface area contributed by atoms with Crippen LogP contribution in [0, 0.1) is 6.92 Å². The summed E-state index contributed by atoms with van der Waals surface area (Å²) in [6, 6.07) is 3.77. The Morgan fingerprint density at radius 2 is 2.05 bits per heavy atom. The van der Waals surface area contributed by atoms with E-state index in [2.05, 4.69) is 10.2 Å². The number of nitrogens with one attached hydrogen (secondary N) is 1. The Kier molecular flexibility index (Phi) is 3.48. The van der Waals surface area contributed by atoms with Gasteiger partial charge in [0.1, 0.15) is 11.5 Å². The lowest BCUT2D eigenvalue weighted by Gasteiger charge is -2.34. The molecular weight excluding hydrogens is 258 g/mol. The first-order chi connectivity index (χ1) is 9.63. The van der Waals surface area contributed by atoms with Crippen molar-refractivity contribution in [3.05, 3.63) is 23.7 Å². The van der Waals surface area contributed by atoms with Gasteiger partial charge >= 0.3 is 6.03 Å². The predicted octanol–water partition coefficient (Wildman–Crippen LogP) is 1.10. The van der Waals surface area contributed by atoms with Gasteiger partial charge < -0.3 is 9.73 Å². The molecule has 2 aliphatic rings. The number of furan rings is 1. The van der Waals surface area contributed by atoms with E-state index >= 15 is 0 Å². The average Bonchev–Trinajstić information content (AvgIpc) is 2.98. The zero-order chi connectivity index (χ0) is 14.1. The van der Waals surface area contributed by atoms with Crippen LogP contribution in [-0.4, -0.2) is 47.4 Å². The van der Waals surface area contributed by atoms with E-state index < -0.39 is 0 Å². The third-order valence-corrected chi connectivity index (χ3v) is 3.98. The van der Waals surface area contributed by atoms with E-state index in [1.807, 2.05) is 19.1 Å². The van der Waals surface area contributed by atoms with E-state index in [4.69, 9.17) is 4.42 Å². The maximum absolute atomic E-state index is 11.7. The number of hydrogen-bond donors (Lipinski definition) is 1. The molecule has 6 heteroatoms. The molecule has 20 heavy (non-hydrogen) atoms. The standard InChI is InChI=1S/C14H19N3O3/c1-10-2-3-12(20-10)9-16-6-4-11(5-7-16)17-13(18)8-15-14(17)19/h2-3,11H,4-9H2,1H3,(H,15,19). The van der Waals surface area contributed by atoms with Crippen LogP contribution < -0.4 is 5.32 Å². The molecule has 6 nitrogen and oxygen atoms in total. The van der Waals surface area contributed by atoms with Gasteiger partial charge in [0.25, 0.3) is 0 Å². The summed E-state index contributed by atoms with van der Waals surface area (Å²) in [5.74, 6) is 1.79. The fraction of sp³-hybridized carbons (Fsp3) is 0.571. The molecule has 0 unspecified atom stereocenters. The summed E-state index contributed by atoms with van der Waals surface area (Å²) >= 11 is 0. The Morgan fingerprint density at radius 3 is 2.60 bits per heavy atom. The van der Waals surface area contributed by atoms with Crippen LogP contribution in [0.3, 0.4) is 0 Å². The van der Waals surface area contributed by atoms with Gasteiger partial charge in [-0.25, -0.2) is 4.79 Å². The summed E-state index contributed by atoms with van der Waals surface area (Å²) in [6.45, 7) is 4.63. The van der Waals surface area contributed by atoms with Crippen LogP contribution in [0.25, 0.3) is 0 Å². The van der Waals surface area contributed by atoms with E-state index in [0.29, 0.717) is 0 Å². The SMILES string of the molecule is Cc1ccc(CN2CCC(N3C(=O)CNC3=O)CC2)o1. The van der Waals surface area contributed by atoms with Gasteiger partial charge in [-0.05, 0) is 31.9 Å². The quantitative estimate of drug-likeness (QED) is 0.840. The van der Waals surface area contributed by atoms with Crippen LogP contribution >= 0.6 is 0 Å². The minimum absolute atomic E-state index is 0.0413. The van der Waals surface area contributed by atoms with Gasteiger partial charge in [-0.15, -0.1) is 0 Å². The number of imide groups is 1. The number of likely N-dealkylation sites (tertiary alicyclic amines) is 1.